The lowest BCUT2D eigenvalue weighted by molar-refractivity contribution is 0.227. The molecule has 2 atom stereocenters. The molecule has 16 heavy (non-hydrogen) atoms. The quantitative estimate of drug-likeness (QED) is 0.831. The first-order valence-electron chi connectivity index (χ1n) is 6.24. The van der Waals surface area contributed by atoms with Crippen LogP contribution >= 0.6 is 0 Å². The number of hydrogen-bond acceptors (Lipinski definition) is 1. The molecule has 1 unspecified atom stereocenters. The number of halogens is 1. The Hall–Kier alpha value is -0.890. The summed E-state index contributed by atoms with van der Waals surface area (Å²) in [5.74, 6) is 1.15. The number of rotatable bonds is 3. The van der Waals surface area contributed by atoms with Gasteiger partial charge in [-0.1, -0.05) is 24.6 Å². The zero-order valence-electron chi connectivity index (χ0n) is 9.45. The average Bonchev–Trinajstić information content (AvgIpc) is 2.91. The van der Waals surface area contributed by atoms with Crippen LogP contribution in [0.2, 0.25) is 0 Å². The van der Waals surface area contributed by atoms with E-state index < -0.39 is 0 Å². The van der Waals surface area contributed by atoms with Crippen molar-refractivity contribution in [2.75, 3.05) is 6.54 Å². The third-order valence-electron chi connectivity index (χ3n) is 4.65. The highest BCUT2D eigenvalue weighted by atomic mass is 19.1. The van der Waals surface area contributed by atoms with E-state index >= 15 is 0 Å². The molecule has 2 heteroatoms. The van der Waals surface area contributed by atoms with Gasteiger partial charge in [-0.2, -0.15) is 0 Å². The Morgan fingerprint density at radius 1 is 1.31 bits per heavy atom. The van der Waals surface area contributed by atoms with Gasteiger partial charge < -0.3 is 5.73 Å². The van der Waals surface area contributed by atoms with E-state index in [9.17, 15) is 4.39 Å². The molecule has 0 aromatic heterocycles. The second-order valence-corrected chi connectivity index (χ2v) is 5.28. The van der Waals surface area contributed by atoms with Gasteiger partial charge in [-0.05, 0) is 49.3 Å². The van der Waals surface area contributed by atoms with Crippen LogP contribution in [-0.4, -0.2) is 6.54 Å². The molecule has 0 bridgehead atoms. The summed E-state index contributed by atoms with van der Waals surface area (Å²) in [6.45, 7) is 0.699. The highest BCUT2D eigenvalue weighted by Gasteiger charge is 2.60. The first kappa shape index (κ1) is 10.3. The lowest BCUT2D eigenvalue weighted by Gasteiger charge is -2.36. The summed E-state index contributed by atoms with van der Waals surface area (Å²) in [5, 5.41) is 0. The summed E-state index contributed by atoms with van der Waals surface area (Å²) in [4.78, 5) is 0. The minimum Gasteiger partial charge on any atom is -0.330 e. The van der Waals surface area contributed by atoms with Crippen LogP contribution < -0.4 is 5.73 Å². The van der Waals surface area contributed by atoms with E-state index in [4.69, 9.17) is 5.73 Å². The van der Waals surface area contributed by atoms with Crippen molar-refractivity contribution in [2.45, 2.75) is 31.1 Å². The minimum absolute atomic E-state index is 0.0367. The number of hydrogen-bond donors (Lipinski definition) is 1. The Morgan fingerprint density at radius 2 is 2.06 bits per heavy atom. The van der Waals surface area contributed by atoms with E-state index in [1.807, 2.05) is 12.1 Å². The van der Waals surface area contributed by atoms with Gasteiger partial charge in [-0.25, -0.2) is 4.39 Å². The first-order chi connectivity index (χ1) is 7.79. The Bertz CT molecular complexity index is 399. The molecule has 2 saturated carbocycles. The largest absolute Gasteiger partial charge is 0.330 e. The molecule has 1 aromatic rings. The molecular weight excluding hydrogens is 201 g/mol. The van der Waals surface area contributed by atoms with Gasteiger partial charge in [-0.3, -0.25) is 0 Å². The highest BCUT2D eigenvalue weighted by molar-refractivity contribution is 5.37. The zero-order valence-corrected chi connectivity index (χ0v) is 9.45. The van der Waals surface area contributed by atoms with Gasteiger partial charge in [0.2, 0.25) is 0 Å². The van der Waals surface area contributed by atoms with E-state index in [-0.39, 0.29) is 11.2 Å². The van der Waals surface area contributed by atoms with Gasteiger partial charge in [0.05, 0.1) is 0 Å². The van der Waals surface area contributed by atoms with E-state index in [2.05, 4.69) is 0 Å². The molecule has 0 amide bonds. The normalized spacial score (nSPS) is 33.5. The Labute approximate surface area is 95.8 Å². The lowest BCUT2D eigenvalue weighted by atomic mass is 9.69. The molecule has 2 fully saturated rings. The van der Waals surface area contributed by atoms with Crippen LogP contribution in [0, 0.1) is 17.7 Å². The summed E-state index contributed by atoms with van der Waals surface area (Å²) >= 11 is 0. The van der Waals surface area contributed by atoms with Gasteiger partial charge >= 0.3 is 0 Å². The Morgan fingerprint density at radius 3 is 2.56 bits per heavy atom. The van der Waals surface area contributed by atoms with Crippen LogP contribution in [0.3, 0.4) is 0 Å². The Balaban J connectivity index is 1.98. The molecule has 1 nitrogen and oxygen atoms in total. The lowest BCUT2D eigenvalue weighted by Crippen LogP contribution is -2.31. The van der Waals surface area contributed by atoms with Crippen molar-refractivity contribution in [3.8, 4) is 0 Å². The molecule has 2 aliphatic carbocycles. The molecule has 0 spiro atoms. The second kappa shape index (κ2) is 3.56. The third kappa shape index (κ3) is 1.26. The fourth-order valence-electron chi connectivity index (χ4n) is 3.45. The van der Waals surface area contributed by atoms with Crippen molar-refractivity contribution < 1.29 is 4.39 Å². The van der Waals surface area contributed by atoms with Gasteiger partial charge in [0, 0.05) is 5.41 Å². The standard InChI is InChI=1S/C14H18FN/c15-13-7-2-1-6-12(13)14(8-11(14)9-16)10-4-3-5-10/h1-2,6-7,10-11H,3-5,8-9,16H2/t11-,14?/m0/s1. The van der Waals surface area contributed by atoms with Gasteiger partial charge in [0.15, 0.2) is 0 Å². The molecule has 0 radical (unpaired) electrons. The van der Waals surface area contributed by atoms with Crippen LogP contribution in [0.5, 0.6) is 0 Å². The molecule has 0 aliphatic heterocycles. The number of nitrogens with two attached hydrogens (primary N) is 1. The van der Waals surface area contributed by atoms with E-state index in [1.54, 1.807) is 12.1 Å². The fraction of sp³-hybridized carbons (Fsp3) is 0.571. The first-order valence-corrected chi connectivity index (χ1v) is 6.24. The van der Waals surface area contributed by atoms with Crippen LogP contribution in [0.4, 0.5) is 4.39 Å². The summed E-state index contributed by atoms with van der Waals surface area (Å²) in [6.07, 6.45) is 4.91. The predicted molar refractivity (Wildman–Crippen MR) is 62.6 cm³/mol. The predicted octanol–water partition coefficient (Wildman–Crippen LogP) is 2.84. The summed E-state index contributed by atoms with van der Waals surface area (Å²) < 4.78 is 13.9. The van der Waals surface area contributed by atoms with Crippen LogP contribution in [0.1, 0.15) is 31.2 Å². The smallest absolute Gasteiger partial charge is 0.126 e. The zero-order chi connectivity index (χ0) is 11.2. The molecule has 1 aromatic carbocycles. The number of benzene rings is 1. The molecular formula is C14H18FN. The average molecular weight is 219 g/mol. The molecule has 3 rings (SSSR count). The maximum Gasteiger partial charge on any atom is 0.126 e. The summed E-state index contributed by atoms with van der Waals surface area (Å²) in [7, 11) is 0. The van der Waals surface area contributed by atoms with Gasteiger partial charge in [0.1, 0.15) is 5.82 Å². The summed E-state index contributed by atoms with van der Waals surface area (Å²) in [6, 6.07) is 7.27. The topological polar surface area (TPSA) is 26.0 Å². The van der Waals surface area contributed by atoms with Crippen molar-refractivity contribution in [1.82, 2.24) is 0 Å². The maximum atomic E-state index is 13.9. The molecule has 2 N–H and O–H groups in total. The van der Waals surface area contributed by atoms with Gasteiger partial charge in [-0.15, -0.1) is 0 Å². The Kier molecular flexibility index (Phi) is 2.28. The van der Waals surface area contributed by atoms with Crippen molar-refractivity contribution in [2.24, 2.45) is 17.6 Å². The van der Waals surface area contributed by atoms with Crippen LogP contribution in [0.25, 0.3) is 0 Å². The van der Waals surface area contributed by atoms with Crippen molar-refractivity contribution >= 4 is 0 Å². The maximum absolute atomic E-state index is 13.9. The van der Waals surface area contributed by atoms with Crippen molar-refractivity contribution in [3.63, 3.8) is 0 Å². The molecule has 0 heterocycles. The monoisotopic (exact) mass is 219 g/mol. The van der Waals surface area contributed by atoms with Crippen molar-refractivity contribution in [3.05, 3.63) is 35.6 Å². The van der Waals surface area contributed by atoms with Gasteiger partial charge in [0.25, 0.3) is 0 Å². The van der Waals surface area contributed by atoms with Crippen molar-refractivity contribution in [1.29, 1.82) is 0 Å². The SMILES string of the molecule is NC[C@@H]1CC1(c1ccccc1F)C1CCC1. The van der Waals surface area contributed by atoms with Crippen LogP contribution in [0.15, 0.2) is 24.3 Å². The minimum atomic E-state index is -0.0367. The molecule has 0 saturated heterocycles. The van der Waals surface area contributed by atoms with E-state index in [0.29, 0.717) is 18.4 Å². The van der Waals surface area contributed by atoms with E-state index in [0.717, 1.165) is 12.0 Å². The highest BCUT2D eigenvalue weighted by Crippen LogP contribution is 2.63. The van der Waals surface area contributed by atoms with E-state index in [1.165, 1.54) is 19.3 Å². The second-order valence-electron chi connectivity index (χ2n) is 5.28. The third-order valence-corrected chi connectivity index (χ3v) is 4.65. The molecule has 2 aliphatic rings. The van der Waals surface area contributed by atoms with Crippen LogP contribution in [-0.2, 0) is 5.41 Å². The summed E-state index contributed by atoms with van der Waals surface area (Å²) in [5.41, 5.74) is 6.81. The molecule has 86 valence electrons. The fourth-order valence-corrected chi connectivity index (χ4v) is 3.45.